The number of hydrogen-bond donors (Lipinski definition) is 0. The topological polar surface area (TPSA) is 59.3 Å². The van der Waals surface area contributed by atoms with Gasteiger partial charge in [0, 0.05) is 35.7 Å². The minimum Gasteiger partial charge on any atom is -0.516 e. The standard InChI is InChI=1S/C8H7O2.Np.H2O/c1-10-8-4-2-3-7(5-8)6-9;;/h2,4-6H,1H3;;1H2/q-1;;/p+1. The van der Waals surface area contributed by atoms with Crippen LogP contribution in [0.25, 0.3) is 0 Å². The van der Waals surface area contributed by atoms with Gasteiger partial charge in [-0.25, -0.2) is 0 Å². The molecule has 0 amide bonds. The zero-order valence-corrected chi connectivity index (χ0v) is 10.4. The Morgan fingerprint density at radius 2 is 2.25 bits per heavy atom. The molecule has 65 valence electrons. The van der Waals surface area contributed by atoms with Crippen LogP contribution >= 0.6 is 0 Å². The summed E-state index contributed by atoms with van der Waals surface area (Å²) in [5, 5.41) is 0. The first-order chi connectivity index (χ1) is 4.86. The van der Waals surface area contributed by atoms with E-state index < -0.39 is 0 Å². The molecule has 0 bridgehead atoms. The van der Waals surface area contributed by atoms with Crippen molar-refractivity contribution in [3.05, 3.63) is 29.8 Å². The van der Waals surface area contributed by atoms with Gasteiger partial charge in [0.1, 0.15) is 0 Å². The van der Waals surface area contributed by atoms with Crippen molar-refractivity contribution in [1.82, 2.24) is 0 Å². The molecule has 0 saturated heterocycles. The molecule has 0 spiro atoms. The summed E-state index contributed by atoms with van der Waals surface area (Å²) in [6.07, 6.45) is 0.739. The van der Waals surface area contributed by atoms with Gasteiger partial charge in [0.05, 0.1) is 13.4 Å². The molecule has 1 aromatic rings. The van der Waals surface area contributed by atoms with Gasteiger partial charge in [-0.3, -0.25) is 0 Å². The first-order valence-corrected chi connectivity index (χ1v) is 2.87. The molecular weight excluding hydrogens is 381 g/mol. The Labute approximate surface area is 93.7 Å². The first kappa shape index (κ1) is 14.2. The molecule has 0 atom stereocenters. The van der Waals surface area contributed by atoms with Crippen LogP contribution in [0.4, 0.5) is 0 Å². The van der Waals surface area contributed by atoms with Crippen LogP contribution in [-0.4, -0.2) is 13.4 Å². The molecule has 0 aromatic heterocycles. The third kappa shape index (κ3) is 3.88. The molecule has 1 rings (SSSR count). The number of ether oxygens (including phenoxy) is 1. The van der Waals surface area contributed by atoms with Gasteiger partial charge < -0.3 is 15.0 Å². The summed E-state index contributed by atoms with van der Waals surface area (Å²) < 4.78 is 4.88. The molecule has 0 aliphatic heterocycles. The summed E-state index contributed by atoms with van der Waals surface area (Å²) in [4.78, 5) is 10.2. The van der Waals surface area contributed by atoms with E-state index in [0.717, 1.165) is 6.29 Å². The zero-order valence-electron chi connectivity index (χ0n) is 6.65. The van der Waals surface area contributed by atoms with Gasteiger partial charge in [-0.2, -0.15) is 0 Å². The summed E-state index contributed by atoms with van der Waals surface area (Å²) >= 11 is 0. The van der Waals surface area contributed by atoms with E-state index in [-0.39, 0.29) is 35.4 Å². The van der Waals surface area contributed by atoms with Crippen LogP contribution < -0.4 is 4.74 Å². The maximum atomic E-state index is 10.2. The van der Waals surface area contributed by atoms with Crippen molar-refractivity contribution in [2.45, 2.75) is 0 Å². The summed E-state index contributed by atoms with van der Waals surface area (Å²) in [6, 6.07) is 7.78. The molecule has 0 aliphatic carbocycles. The average Bonchev–Trinajstić information content (AvgIpc) is 2.05. The number of aldehydes is 1. The smallest absolute Gasteiger partial charge is 0.0751 e. The maximum absolute atomic E-state index is 10.2. The van der Waals surface area contributed by atoms with E-state index in [9.17, 15) is 4.79 Å². The monoisotopic (exact) mass is 390 g/mol. The Hall–Kier alpha value is -0.337. The number of carbonyl (C=O) groups excluding carboxylic acids is 1. The fourth-order valence-electron chi connectivity index (χ4n) is 0.658. The normalized spacial score (nSPS) is 7.42. The van der Waals surface area contributed by atoms with Crippen molar-refractivity contribution in [2.24, 2.45) is 0 Å². The Kier molecular flexibility index (Phi) is 8.66. The number of rotatable bonds is 2. The number of carbonyl (C=O) groups is 1. The molecule has 1 radical (unpaired) electrons. The third-order valence-corrected chi connectivity index (χ3v) is 1.16. The van der Waals surface area contributed by atoms with E-state index in [0.29, 0.717) is 11.3 Å². The van der Waals surface area contributed by atoms with Crippen molar-refractivity contribution >= 4 is 6.29 Å². The molecule has 0 heterocycles. The Morgan fingerprint density at radius 3 is 2.75 bits per heavy atom. The molecule has 0 fully saturated rings. The minimum absolute atomic E-state index is 0. The van der Waals surface area contributed by atoms with E-state index in [2.05, 4.69) is 6.07 Å². The van der Waals surface area contributed by atoms with Crippen molar-refractivity contribution in [2.75, 3.05) is 7.11 Å². The number of hydrogen-bond acceptors (Lipinski definition) is 2. The molecule has 0 unspecified atom stereocenters. The fraction of sp³-hybridized carbons (Fsp3) is 0.125. The quantitative estimate of drug-likeness (QED) is 0.416. The second-order valence-electron chi connectivity index (χ2n) is 1.80. The largest absolute Gasteiger partial charge is 0.516 e. The maximum Gasteiger partial charge on any atom is 0.0751 e. The van der Waals surface area contributed by atoms with Crippen molar-refractivity contribution in [1.29, 1.82) is 0 Å². The van der Waals surface area contributed by atoms with Crippen LogP contribution in [-0.2, 0) is 5.48 Å². The summed E-state index contributed by atoms with van der Waals surface area (Å²) in [5.41, 5.74) is 0.513. The van der Waals surface area contributed by atoms with E-state index in [1.165, 1.54) is 0 Å². The van der Waals surface area contributed by atoms with Crippen LogP contribution in [0.1, 0.15) is 10.4 Å². The second-order valence-corrected chi connectivity index (χ2v) is 1.80. The van der Waals surface area contributed by atoms with Crippen LogP contribution in [0.2, 0.25) is 0 Å². The molecule has 0 aliphatic rings. The number of methoxy groups -OCH3 is 1. The van der Waals surface area contributed by atoms with Crippen molar-refractivity contribution in [3.63, 3.8) is 0 Å². The molecule has 1 aromatic carbocycles. The molecule has 0 saturated carbocycles. The summed E-state index contributed by atoms with van der Waals surface area (Å²) in [5.74, 6) is 0.681. The van der Waals surface area contributed by atoms with Gasteiger partial charge in [-0.1, -0.05) is 6.07 Å². The second kappa shape index (κ2) is 7.32. The Balaban J connectivity index is 0. The molecular formula is C8H10NpO3. The third-order valence-electron chi connectivity index (χ3n) is 1.16. The average molecular weight is 391 g/mol. The van der Waals surface area contributed by atoms with Gasteiger partial charge in [0.15, 0.2) is 0 Å². The van der Waals surface area contributed by atoms with E-state index in [1.54, 1.807) is 25.3 Å². The SMILES string of the molecule is COc1cc[c-]c(C=O)c1.[Np].[OH3+]. The van der Waals surface area contributed by atoms with Gasteiger partial charge in [0.2, 0.25) is 0 Å². The number of benzene rings is 1. The van der Waals surface area contributed by atoms with Crippen LogP contribution in [0.3, 0.4) is 0 Å². The van der Waals surface area contributed by atoms with Gasteiger partial charge in [-0.05, 0) is 0 Å². The predicted octanol–water partition coefficient (Wildman–Crippen LogP) is 0.386. The predicted molar refractivity (Wildman–Crippen MR) is 42.1 cm³/mol. The van der Waals surface area contributed by atoms with Crippen LogP contribution in [0.15, 0.2) is 18.2 Å². The summed E-state index contributed by atoms with van der Waals surface area (Å²) in [6.45, 7) is 0. The minimum atomic E-state index is 0. The molecule has 12 heavy (non-hydrogen) atoms. The molecule has 4 heteroatoms. The van der Waals surface area contributed by atoms with Gasteiger partial charge >= 0.3 is 0 Å². The Morgan fingerprint density at radius 1 is 1.58 bits per heavy atom. The van der Waals surface area contributed by atoms with Crippen molar-refractivity contribution < 1.29 is 45.0 Å². The molecule has 3 nitrogen and oxygen atoms in total. The van der Waals surface area contributed by atoms with Crippen LogP contribution in [0.5, 0.6) is 5.75 Å². The van der Waals surface area contributed by atoms with Crippen molar-refractivity contribution in [3.8, 4) is 5.75 Å². The van der Waals surface area contributed by atoms with Gasteiger partial charge in [-0.15, -0.1) is 23.8 Å². The van der Waals surface area contributed by atoms with E-state index >= 15 is 0 Å². The van der Waals surface area contributed by atoms with Crippen LogP contribution in [0, 0.1) is 36.0 Å². The zero-order chi connectivity index (χ0) is 7.40. The fourth-order valence-corrected chi connectivity index (χ4v) is 0.658. The van der Waals surface area contributed by atoms with Gasteiger partial charge in [0.25, 0.3) is 0 Å². The molecule has 3 N–H and O–H groups in total. The summed E-state index contributed by atoms with van der Waals surface area (Å²) in [7, 11) is 1.56. The van der Waals surface area contributed by atoms with E-state index in [4.69, 9.17) is 4.74 Å². The Bertz CT molecular complexity index is 237. The first-order valence-electron chi connectivity index (χ1n) is 2.87. The van der Waals surface area contributed by atoms with E-state index in [1.807, 2.05) is 0 Å².